The van der Waals surface area contributed by atoms with E-state index in [4.69, 9.17) is 9.15 Å². The highest BCUT2D eigenvalue weighted by molar-refractivity contribution is 7.92. The second kappa shape index (κ2) is 10.4. The van der Waals surface area contributed by atoms with Gasteiger partial charge >= 0.3 is 6.01 Å². The van der Waals surface area contributed by atoms with Crippen LogP contribution in [-0.2, 0) is 16.4 Å². The van der Waals surface area contributed by atoms with Gasteiger partial charge < -0.3 is 9.15 Å². The molecule has 0 aliphatic carbocycles. The van der Waals surface area contributed by atoms with E-state index in [0.717, 1.165) is 11.3 Å². The number of anilines is 2. The van der Waals surface area contributed by atoms with Crippen LogP contribution >= 0.6 is 0 Å². The number of aromatic nitrogens is 2. The van der Waals surface area contributed by atoms with Crippen molar-refractivity contribution in [3.05, 3.63) is 95.9 Å². The van der Waals surface area contributed by atoms with E-state index in [1.165, 1.54) is 28.6 Å². The van der Waals surface area contributed by atoms with Gasteiger partial charge in [-0.05, 0) is 61.0 Å². The number of rotatable bonds is 9. The number of carbonyl (C=O) groups is 1. The van der Waals surface area contributed by atoms with Gasteiger partial charge in [-0.3, -0.25) is 14.4 Å². The van der Waals surface area contributed by atoms with Crippen LogP contribution < -0.4 is 14.4 Å². The maximum atomic E-state index is 13.1. The third kappa shape index (κ3) is 5.49. The quantitative estimate of drug-likeness (QED) is 0.373. The van der Waals surface area contributed by atoms with Crippen LogP contribution in [-0.4, -0.2) is 38.2 Å². The zero-order valence-corrected chi connectivity index (χ0v) is 20.0. The molecule has 35 heavy (non-hydrogen) atoms. The molecule has 0 unspecified atom stereocenters. The SMILES string of the molecule is CCN(c1ccccc1)S(=O)(=O)c1ccc(C(=O)Nc2nnc(Cc3ccc(OC)cc3)o2)cc1. The Morgan fingerprint density at radius 2 is 1.66 bits per heavy atom. The van der Waals surface area contributed by atoms with Crippen molar-refractivity contribution in [3.63, 3.8) is 0 Å². The molecule has 0 atom stereocenters. The molecule has 0 aliphatic heterocycles. The minimum atomic E-state index is -3.78. The number of benzene rings is 3. The first-order valence-electron chi connectivity index (χ1n) is 10.8. The predicted molar refractivity (Wildman–Crippen MR) is 131 cm³/mol. The van der Waals surface area contributed by atoms with E-state index in [9.17, 15) is 13.2 Å². The molecule has 0 saturated carbocycles. The van der Waals surface area contributed by atoms with E-state index >= 15 is 0 Å². The molecule has 0 saturated heterocycles. The molecular formula is C25H24N4O5S. The fourth-order valence-corrected chi connectivity index (χ4v) is 4.93. The number of sulfonamides is 1. The summed E-state index contributed by atoms with van der Waals surface area (Å²) in [7, 11) is -2.19. The summed E-state index contributed by atoms with van der Waals surface area (Å²) in [6.45, 7) is 2.03. The molecule has 4 rings (SSSR count). The first-order chi connectivity index (χ1) is 16.9. The van der Waals surface area contributed by atoms with E-state index in [1.54, 1.807) is 38.3 Å². The lowest BCUT2D eigenvalue weighted by Gasteiger charge is -2.22. The number of hydrogen-bond acceptors (Lipinski definition) is 7. The lowest BCUT2D eigenvalue weighted by atomic mass is 10.1. The van der Waals surface area contributed by atoms with Crippen LogP contribution in [0.2, 0.25) is 0 Å². The molecule has 10 heteroatoms. The Hall–Kier alpha value is -4.18. The van der Waals surface area contributed by atoms with Gasteiger partial charge in [0.2, 0.25) is 5.89 Å². The van der Waals surface area contributed by atoms with Gasteiger partial charge in [-0.2, -0.15) is 0 Å². The number of nitrogens with one attached hydrogen (secondary N) is 1. The van der Waals surface area contributed by atoms with Gasteiger partial charge in [0.15, 0.2) is 0 Å². The molecule has 180 valence electrons. The van der Waals surface area contributed by atoms with Crippen molar-refractivity contribution in [3.8, 4) is 5.75 Å². The van der Waals surface area contributed by atoms with Crippen LogP contribution in [0.25, 0.3) is 0 Å². The lowest BCUT2D eigenvalue weighted by molar-refractivity contribution is 0.102. The third-order valence-electron chi connectivity index (χ3n) is 5.24. The summed E-state index contributed by atoms with van der Waals surface area (Å²) in [5.41, 5.74) is 1.76. The molecule has 1 aromatic heterocycles. The van der Waals surface area contributed by atoms with Gasteiger partial charge in [0, 0.05) is 12.1 Å². The molecular weight excluding hydrogens is 468 g/mol. The lowest BCUT2D eigenvalue weighted by Crippen LogP contribution is -2.30. The van der Waals surface area contributed by atoms with Crippen LogP contribution in [0.5, 0.6) is 5.75 Å². The Kier molecular flexibility index (Phi) is 7.11. The van der Waals surface area contributed by atoms with E-state index in [2.05, 4.69) is 15.5 Å². The molecule has 0 radical (unpaired) electrons. The molecule has 1 heterocycles. The monoisotopic (exact) mass is 492 g/mol. The molecule has 0 aliphatic rings. The highest BCUT2D eigenvalue weighted by Crippen LogP contribution is 2.24. The maximum absolute atomic E-state index is 13.1. The molecule has 0 spiro atoms. The molecule has 1 amide bonds. The normalized spacial score (nSPS) is 11.1. The largest absolute Gasteiger partial charge is 0.497 e. The van der Waals surface area contributed by atoms with Crippen molar-refractivity contribution >= 4 is 27.6 Å². The summed E-state index contributed by atoms with van der Waals surface area (Å²) in [5.74, 6) is 0.588. The number of amides is 1. The molecule has 3 aromatic carbocycles. The van der Waals surface area contributed by atoms with Crippen LogP contribution in [0.15, 0.2) is 88.2 Å². The number of nitrogens with zero attached hydrogens (tertiary/aromatic N) is 3. The van der Waals surface area contributed by atoms with Crippen LogP contribution in [0.1, 0.15) is 28.7 Å². The standard InChI is InChI=1S/C25H24N4O5S/c1-3-29(20-7-5-4-6-8-20)35(31,32)22-15-11-19(12-16-22)24(30)26-25-28-27-23(34-25)17-18-9-13-21(33-2)14-10-18/h4-16H,3,17H2,1-2H3,(H,26,28,30). The predicted octanol–water partition coefficient (Wildman–Crippen LogP) is 4.14. The molecule has 1 N–H and O–H groups in total. The Balaban J connectivity index is 1.43. The van der Waals surface area contributed by atoms with Gasteiger partial charge in [0.1, 0.15) is 5.75 Å². The summed E-state index contributed by atoms with van der Waals surface area (Å²) >= 11 is 0. The van der Waals surface area contributed by atoms with Crippen LogP contribution in [0.3, 0.4) is 0 Å². The Bertz CT molecular complexity index is 1390. The number of para-hydroxylation sites is 1. The Morgan fingerprint density at radius 3 is 2.29 bits per heavy atom. The molecule has 0 bridgehead atoms. The van der Waals surface area contributed by atoms with E-state index in [1.807, 2.05) is 30.3 Å². The Labute approximate surface area is 203 Å². The average Bonchev–Trinajstić information content (AvgIpc) is 3.32. The number of ether oxygens (including phenoxy) is 1. The average molecular weight is 493 g/mol. The summed E-state index contributed by atoms with van der Waals surface area (Å²) in [6, 6.07) is 21.9. The van der Waals surface area contributed by atoms with Crippen molar-refractivity contribution < 1.29 is 22.4 Å². The Morgan fingerprint density at radius 1 is 0.971 bits per heavy atom. The second-order valence-corrected chi connectivity index (χ2v) is 9.37. The topological polar surface area (TPSA) is 115 Å². The van der Waals surface area contributed by atoms with Crippen LogP contribution in [0.4, 0.5) is 11.7 Å². The highest BCUT2D eigenvalue weighted by Gasteiger charge is 2.24. The molecule has 0 fully saturated rings. The van der Waals surface area contributed by atoms with Crippen molar-refractivity contribution in [2.75, 3.05) is 23.3 Å². The smallest absolute Gasteiger partial charge is 0.322 e. The van der Waals surface area contributed by atoms with E-state index < -0.39 is 15.9 Å². The summed E-state index contributed by atoms with van der Waals surface area (Å²) in [6.07, 6.45) is 0.398. The van der Waals surface area contributed by atoms with Gasteiger partial charge in [0.05, 0.1) is 24.1 Å². The van der Waals surface area contributed by atoms with Crippen molar-refractivity contribution in [1.82, 2.24) is 10.2 Å². The maximum Gasteiger partial charge on any atom is 0.322 e. The summed E-state index contributed by atoms with van der Waals surface area (Å²) in [5, 5.41) is 10.4. The zero-order chi connectivity index (χ0) is 24.8. The first-order valence-corrected chi connectivity index (χ1v) is 12.3. The second-order valence-electron chi connectivity index (χ2n) is 7.51. The molecule has 4 aromatic rings. The first kappa shape index (κ1) is 24.0. The fourth-order valence-electron chi connectivity index (χ4n) is 3.45. The molecule has 9 nitrogen and oxygen atoms in total. The van der Waals surface area contributed by atoms with Gasteiger partial charge in [0.25, 0.3) is 15.9 Å². The van der Waals surface area contributed by atoms with E-state index in [0.29, 0.717) is 18.0 Å². The third-order valence-corrected chi connectivity index (χ3v) is 7.15. The van der Waals surface area contributed by atoms with Crippen molar-refractivity contribution in [2.24, 2.45) is 0 Å². The van der Waals surface area contributed by atoms with E-state index in [-0.39, 0.29) is 23.0 Å². The summed E-state index contributed by atoms with van der Waals surface area (Å²) in [4.78, 5) is 12.7. The zero-order valence-electron chi connectivity index (χ0n) is 19.2. The highest BCUT2D eigenvalue weighted by atomic mass is 32.2. The van der Waals surface area contributed by atoms with Crippen molar-refractivity contribution in [2.45, 2.75) is 18.2 Å². The fraction of sp³-hybridized carbons (Fsp3) is 0.160. The number of carbonyl (C=O) groups excluding carboxylic acids is 1. The van der Waals surface area contributed by atoms with Gasteiger partial charge in [-0.15, -0.1) is 5.10 Å². The van der Waals surface area contributed by atoms with Gasteiger partial charge in [-0.25, -0.2) is 8.42 Å². The van der Waals surface area contributed by atoms with Crippen molar-refractivity contribution in [1.29, 1.82) is 0 Å². The van der Waals surface area contributed by atoms with Crippen LogP contribution in [0, 0.1) is 0 Å². The number of hydrogen-bond donors (Lipinski definition) is 1. The summed E-state index contributed by atoms with van der Waals surface area (Å²) < 4.78 is 38.2. The minimum Gasteiger partial charge on any atom is -0.497 e. The van der Waals surface area contributed by atoms with Gasteiger partial charge in [-0.1, -0.05) is 35.4 Å². The number of methoxy groups -OCH3 is 1. The minimum absolute atomic E-state index is 0.0450.